The smallest absolute Gasteiger partial charge is 0.261 e. The maximum absolute atomic E-state index is 11.9. The van der Waals surface area contributed by atoms with E-state index in [0.29, 0.717) is 5.56 Å². The van der Waals surface area contributed by atoms with E-state index in [4.69, 9.17) is 15.4 Å². The minimum absolute atomic E-state index is 0.0605. The molecule has 0 aliphatic carbocycles. The van der Waals surface area contributed by atoms with E-state index < -0.39 is 21.6 Å². The third-order valence-corrected chi connectivity index (χ3v) is 3.89. The van der Waals surface area contributed by atoms with E-state index in [2.05, 4.69) is 5.32 Å². The fraction of sp³-hybridized carbons (Fsp3) is 0.417. The van der Waals surface area contributed by atoms with Crippen LogP contribution in [0.25, 0.3) is 0 Å². The molecule has 0 radical (unpaired) electrons. The van der Waals surface area contributed by atoms with E-state index in [1.54, 1.807) is 0 Å². The zero-order valence-corrected chi connectivity index (χ0v) is 12.4. The number of hydrogen-bond acceptors (Lipinski definition) is 4. The second kappa shape index (κ2) is 7.56. The summed E-state index contributed by atoms with van der Waals surface area (Å²) in [5.41, 5.74) is 0.505. The molecule has 0 aliphatic rings. The highest BCUT2D eigenvalue weighted by molar-refractivity contribution is 8.13. The van der Waals surface area contributed by atoms with Crippen molar-refractivity contribution in [2.75, 3.05) is 20.3 Å². The van der Waals surface area contributed by atoms with Gasteiger partial charge in [-0.1, -0.05) is 6.07 Å². The van der Waals surface area contributed by atoms with E-state index >= 15 is 0 Å². The molecule has 112 valence electrons. The molecule has 0 fully saturated rings. The maximum atomic E-state index is 11.9. The number of methoxy groups -OCH3 is 1. The minimum Gasteiger partial charge on any atom is -0.380 e. The number of carbonyl (C=O) groups is 1. The Hall–Kier alpha value is -1.18. The first-order valence-corrected chi connectivity index (χ1v) is 8.11. The van der Waals surface area contributed by atoms with Gasteiger partial charge in [0.1, 0.15) is 0 Å². The molecule has 0 aliphatic heterocycles. The number of halogens is 2. The number of nitrogens with one attached hydrogen (secondary N) is 1. The van der Waals surface area contributed by atoms with Gasteiger partial charge in [0.05, 0.1) is 18.2 Å². The van der Waals surface area contributed by atoms with Crippen molar-refractivity contribution in [3.8, 4) is 0 Å². The van der Waals surface area contributed by atoms with Gasteiger partial charge >= 0.3 is 0 Å². The van der Waals surface area contributed by atoms with Crippen molar-refractivity contribution in [2.45, 2.75) is 17.9 Å². The SMILES string of the molecule is COCc1ccc(C(=O)NCCCF)cc1S(=O)(=O)Cl. The Bertz CT molecular complexity index is 577. The molecule has 0 atom stereocenters. The average Bonchev–Trinajstić information content (AvgIpc) is 2.38. The van der Waals surface area contributed by atoms with Crippen LogP contribution in [0.4, 0.5) is 4.39 Å². The highest BCUT2D eigenvalue weighted by Gasteiger charge is 2.18. The van der Waals surface area contributed by atoms with Gasteiger partial charge in [0, 0.05) is 29.9 Å². The van der Waals surface area contributed by atoms with Gasteiger partial charge < -0.3 is 10.1 Å². The molecule has 0 bridgehead atoms. The number of benzene rings is 1. The number of hydrogen-bond donors (Lipinski definition) is 1. The minimum atomic E-state index is -3.98. The first-order valence-electron chi connectivity index (χ1n) is 5.81. The third-order valence-electron chi connectivity index (χ3n) is 2.49. The first kappa shape index (κ1) is 16.9. The van der Waals surface area contributed by atoms with Crippen LogP contribution in [0.2, 0.25) is 0 Å². The predicted octanol–water partition coefficient (Wildman–Crippen LogP) is 1.85. The first-order chi connectivity index (χ1) is 9.40. The van der Waals surface area contributed by atoms with Crippen LogP contribution in [0.15, 0.2) is 23.1 Å². The molecule has 1 N–H and O–H groups in total. The Morgan fingerprint density at radius 3 is 2.70 bits per heavy atom. The van der Waals surface area contributed by atoms with Crippen molar-refractivity contribution in [3.63, 3.8) is 0 Å². The Balaban J connectivity index is 3.03. The van der Waals surface area contributed by atoms with Gasteiger partial charge in [-0.25, -0.2) is 8.42 Å². The Kier molecular flexibility index (Phi) is 6.38. The fourth-order valence-electron chi connectivity index (χ4n) is 1.57. The molecule has 0 saturated heterocycles. The molecule has 0 spiro atoms. The van der Waals surface area contributed by atoms with Gasteiger partial charge in [-0.05, 0) is 24.1 Å². The summed E-state index contributed by atoms with van der Waals surface area (Å²) in [5.74, 6) is -0.482. The van der Waals surface area contributed by atoms with Crippen LogP contribution in [-0.4, -0.2) is 34.7 Å². The number of amides is 1. The van der Waals surface area contributed by atoms with E-state index in [1.165, 1.54) is 25.3 Å². The number of rotatable bonds is 7. The van der Waals surface area contributed by atoms with Crippen molar-refractivity contribution in [1.82, 2.24) is 5.32 Å². The van der Waals surface area contributed by atoms with Gasteiger partial charge in [0.15, 0.2) is 0 Å². The molecule has 1 aromatic rings. The lowest BCUT2D eigenvalue weighted by molar-refractivity contribution is 0.0952. The van der Waals surface area contributed by atoms with Gasteiger partial charge in [-0.15, -0.1) is 0 Å². The number of alkyl halides is 1. The van der Waals surface area contributed by atoms with Crippen molar-refractivity contribution in [2.24, 2.45) is 0 Å². The van der Waals surface area contributed by atoms with Crippen LogP contribution in [-0.2, 0) is 20.4 Å². The third kappa shape index (κ3) is 4.73. The average molecular weight is 324 g/mol. The zero-order valence-electron chi connectivity index (χ0n) is 10.9. The molecular weight excluding hydrogens is 309 g/mol. The van der Waals surface area contributed by atoms with Crippen molar-refractivity contribution >= 4 is 25.6 Å². The van der Waals surface area contributed by atoms with Gasteiger partial charge in [0.25, 0.3) is 15.0 Å². The summed E-state index contributed by atoms with van der Waals surface area (Å²) in [4.78, 5) is 11.6. The van der Waals surface area contributed by atoms with Gasteiger partial charge in [-0.3, -0.25) is 9.18 Å². The summed E-state index contributed by atoms with van der Waals surface area (Å²) in [5, 5.41) is 2.48. The summed E-state index contributed by atoms with van der Waals surface area (Å²) in [7, 11) is 2.77. The quantitative estimate of drug-likeness (QED) is 0.614. The van der Waals surface area contributed by atoms with Crippen LogP contribution < -0.4 is 5.32 Å². The Morgan fingerprint density at radius 2 is 2.15 bits per heavy atom. The predicted molar refractivity (Wildman–Crippen MR) is 73.1 cm³/mol. The lowest BCUT2D eigenvalue weighted by Gasteiger charge is -2.09. The van der Waals surface area contributed by atoms with E-state index in [0.717, 1.165) is 0 Å². The van der Waals surface area contributed by atoms with Crippen molar-refractivity contribution in [1.29, 1.82) is 0 Å². The largest absolute Gasteiger partial charge is 0.380 e. The molecule has 0 aromatic heterocycles. The monoisotopic (exact) mass is 323 g/mol. The molecule has 1 amide bonds. The maximum Gasteiger partial charge on any atom is 0.261 e. The summed E-state index contributed by atoms with van der Waals surface area (Å²) in [6.07, 6.45) is 0.203. The summed E-state index contributed by atoms with van der Waals surface area (Å²) in [6.45, 7) is -0.294. The number of carbonyl (C=O) groups excluding carboxylic acids is 1. The normalized spacial score (nSPS) is 11.3. The molecule has 0 unspecified atom stereocenters. The summed E-state index contributed by atoms with van der Waals surface area (Å²) >= 11 is 0. The molecule has 1 rings (SSSR count). The van der Waals surface area contributed by atoms with Crippen molar-refractivity contribution < 1.29 is 22.3 Å². The van der Waals surface area contributed by atoms with Crippen LogP contribution in [0.1, 0.15) is 22.3 Å². The van der Waals surface area contributed by atoms with E-state index in [1.807, 2.05) is 0 Å². The lowest BCUT2D eigenvalue weighted by atomic mass is 10.1. The van der Waals surface area contributed by atoms with Crippen molar-refractivity contribution in [3.05, 3.63) is 29.3 Å². The molecule has 5 nitrogen and oxygen atoms in total. The molecule has 20 heavy (non-hydrogen) atoms. The van der Waals surface area contributed by atoms with E-state index in [9.17, 15) is 17.6 Å². The number of ether oxygens (including phenoxy) is 1. The topological polar surface area (TPSA) is 72.5 Å². The molecule has 0 saturated carbocycles. The Labute approximate surface area is 121 Å². The highest BCUT2D eigenvalue weighted by atomic mass is 35.7. The Morgan fingerprint density at radius 1 is 1.45 bits per heavy atom. The molecule has 0 heterocycles. The van der Waals surface area contributed by atoms with Gasteiger partial charge in [0.2, 0.25) is 0 Å². The lowest BCUT2D eigenvalue weighted by Crippen LogP contribution is -2.25. The standard InChI is InChI=1S/C12H15ClFNO4S/c1-19-8-10-4-3-9(7-11(10)20(13,17)18)12(16)15-6-2-5-14/h3-4,7H,2,5-6,8H2,1H3,(H,15,16). The summed E-state index contributed by atoms with van der Waals surface area (Å²) < 4.78 is 39.8. The van der Waals surface area contributed by atoms with Crippen LogP contribution in [0, 0.1) is 0 Å². The fourth-order valence-corrected chi connectivity index (χ4v) is 2.71. The zero-order chi connectivity index (χ0) is 15.2. The second-order valence-electron chi connectivity index (χ2n) is 3.99. The summed E-state index contributed by atoms with van der Waals surface area (Å²) in [6, 6.07) is 4.11. The van der Waals surface area contributed by atoms with E-state index in [-0.39, 0.29) is 30.0 Å². The molecular formula is C12H15ClFNO4S. The second-order valence-corrected chi connectivity index (χ2v) is 6.53. The molecule has 1 aromatic carbocycles. The highest BCUT2D eigenvalue weighted by Crippen LogP contribution is 2.22. The van der Waals surface area contributed by atoms with Crippen LogP contribution in [0.5, 0.6) is 0 Å². The van der Waals surface area contributed by atoms with Crippen LogP contribution >= 0.6 is 10.7 Å². The van der Waals surface area contributed by atoms with Gasteiger partial charge in [-0.2, -0.15) is 0 Å². The molecule has 8 heteroatoms. The van der Waals surface area contributed by atoms with Crippen LogP contribution in [0.3, 0.4) is 0 Å².